The molecule has 3 nitrogen and oxygen atoms in total. The van der Waals surface area contributed by atoms with E-state index in [1.165, 1.54) is 57.8 Å². The standard InChI is InChI=1S/C17H34N2O/c1-3-4-5-6-7-8-9-10-11-13-17-18-14-12-15-19(17)16(2)20/h12,15-18,20H,3-11,13-14H2,1-2H3. The molecule has 1 aliphatic heterocycles. The fourth-order valence-electron chi connectivity index (χ4n) is 2.87. The molecule has 0 aromatic carbocycles. The lowest BCUT2D eigenvalue weighted by molar-refractivity contribution is 0.00857. The monoisotopic (exact) mass is 282 g/mol. The molecule has 118 valence electrons. The molecule has 1 rings (SSSR count). The number of aliphatic hydroxyl groups is 1. The number of rotatable bonds is 11. The Morgan fingerprint density at radius 1 is 1.10 bits per heavy atom. The molecule has 1 heterocycles. The third kappa shape index (κ3) is 7.30. The first-order chi connectivity index (χ1) is 9.75. The minimum absolute atomic E-state index is 0.310. The first-order valence-electron chi connectivity index (χ1n) is 8.61. The van der Waals surface area contributed by atoms with Gasteiger partial charge in [-0.15, -0.1) is 0 Å². The van der Waals surface area contributed by atoms with Crippen LogP contribution in [0.2, 0.25) is 0 Å². The lowest BCUT2D eigenvalue weighted by Gasteiger charge is -2.36. The predicted molar refractivity (Wildman–Crippen MR) is 86.3 cm³/mol. The van der Waals surface area contributed by atoms with Crippen LogP contribution < -0.4 is 5.32 Å². The van der Waals surface area contributed by atoms with Crippen molar-refractivity contribution in [3.8, 4) is 0 Å². The SMILES string of the molecule is CCCCCCCCCCCC1NCC=CN1C(C)O. The van der Waals surface area contributed by atoms with Crippen molar-refractivity contribution in [2.45, 2.75) is 90.4 Å². The lowest BCUT2D eigenvalue weighted by Crippen LogP contribution is -2.49. The zero-order valence-corrected chi connectivity index (χ0v) is 13.5. The van der Waals surface area contributed by atoms with Crippen molar-refractivity contribution in [1.82, 2.24) is 10.2 Å². The van der Waals surface area contributed by atoms with E-state index < -0.39 is 6.23 Å². The molecule has 0 fully saturated rings. The van der Waals surface area contributed by atoms with E-state index in [9.17, 15) is 5.11 Å². The van der Waals surface area contributed by atoms with Gasteiger partial charge in [-0.25, -0.2) is 0 Å². The highest BCUT2D eigenvalue weighted by Crippen LogP contribution is 2.15. The minimum atomic E-state index is -0.400. The van der Waals surface area contributed by atoms with Crippen LogP contribution in [-0.2, 0) is 0 Å². The van der Waals surface area contributed by atoms with E-state index in [0.717, 1.165) is 13.0 Å². The Morgan fingerprint density at radius 2 is 1.70 bits per heavy atom. The topological polar surface area (TPSA) is 35.5 Å². The Balaban J connectivity index is 1.99. The predicted octanol–water partition coefficient (Wildman–Crippen LogP) is 3.99. The third-order valence-corrected chi connectivity index (χ3v) is 4.12. The number of hydrogen-bond acceptors (Lipinski definition) is 3. The molecule has 3 heteroatoms. The number of nitrogens with one attached hydrogen (secondary N) is 1. The number of aliphatic hydroxyl groups excluding tert-OH is 1. The van der Waals surface area contributed by atoms with Gasteiger partial charge in [0.2, 0.25) is 0 Å². The molecule has 2 atom stereocenters. The molecule has 0 bridgehead atoms. The van der Waals surface area contributed by atoms with Crippen LogP contribution in [-0.4, -0.2) is 28.9 Å². The van der Waals surface area contributed by atoms with E-state index in [1.807, 2.05) is 18.0 Å². The van der Waals surface area contributed by atoms with Crippen molar-refractivity contribution in [2.75, 3.05) is 6.54 Å². The van der Waals surface area contributed by atoms with Gasteiger partial charge in [0.1, 0.15) is 6.23 Å². The quantitative estimate of drug-likeness (QED) is 0.562. The van der Waals surface area contributed by atoms with Gasteiger partial charge in [-0.2, -0.15) is 0 Å². The van der Waals surface area contributed by atoms with Crippen LogP contribution in [0.1, 0.15) is 78.1 Å². The van der Waals surface area contributed by atoms with Gasteiger partial charge in [0.25, 0.3) is 0 Å². The summed E-state index contributed by atoms with van der Waals surface area (Å²) < 4.78 is 0. The van der Waals surface area contributed by atoms with Crippen LogP contribution in [0.15, 0.2) is 12.3 Å². The van der Waals surface area contributed by atoms with Crippen molar-refractivity contribution in [3.63, 3.8) is 0 Å². The molecule has 0 saturated carbocycles. The van der Waals surface area contributed by atoms with Crippen LogP contribution >= 0.6 is 0 Å². The van der Waals surface area contributed by atoms with Crippen molar-refractivity contribution < 1.29 is 5.11 Å². The third-order valence-electron chi connectivity index (χ3n) is 4.12. The highest BCUT2D eigenvalue weighted by Gasteiger charge is 2.19. The molecule has 0 spiro atoms. The maximum Gasteiger partial charge on any atom is 0.124 e. The summed E-state index contributed by atoms with van der Waals surface area (Å²) in [6.45, 7) is 5.02. The highest BCUT2D eigenvalue weighted by atomic mass is 16.3. The summed E-state index contributed by atoms with van der Waals surface area (Å²) in [4.78, 5) is 2.02. The van der Waals surface area contributed by atoms with Gasteiger partial charge in [0.05, 0.1) is 6.17 Å². The fraction of sp³-hybridized carbons (Fsp3) is 0.882. The van der Waals surface area contributed by atoms with Crippen LogP contribution in [0.3, 0.4) is 0 Å². The second-order valence-electron chi connectivity index (χ2n) is 6.01. The average Bonchev–Trinajstić information content (AvgIpc) is 2.46. The molecular weight excluding hydrogens is 248 g/mol. The molecule has 1 aliphatic rings. The number of nitrogens with zero attached hydrogens (tertiary/aromatic N) is 1. The van der Waals surface area contributed by atoms with Gasteiger partial charge in [-0.3, -0.25) is 5.32 Å². The van der Waals surface area contributed by atoms with Gasteiger partial charge in [0, 0.05) is 12.7 Å². The zero-order chi connectivity index (χ0) is 14.6. The molecule has 0 radical (unpaired) electrons. The first-order valence-corrected chi connectivity index (χ1v) is 8.61. The summed E-state index contributed by atoms with van der Waals surface area (Å²) in [5, 5.41) is 13.2. The van der Waals surface area contributed by atoms with Crippen molar-refractivity contribution in [3.05, 3.63) is 12.3 Å². The van der Waals surface area contributed by atoms with Crippen molar-refractivity contribution >= 4 is 0 Å². The summed E-state index contributed by atoms with van der Waals surface area (Å²) >= 11 is 0. The van der Waals surface area contributed by atoms with Gasteiger partial charge < -0.3 is 10.0 Å². The maximum atomic E-state index is 9.73. The Morgan fingerprint density at radius 3 is 2.30 bits per heavy atom. The molecule has 0 saturated heterocycles. The number of hydrogen-bond donors (Lipinski definition) is 2. The Kier molecular flexibility index (Phi) is 9.77. The molecule has 2 unspecified atom stereocenters. The Labute approximate surface area is 125 Å². The van der Waals surface area contributed by atoms with Crippen LogP contribution in [0.25, 0.3) is 0 Å². The molecule has 20 heavy (non-hydrogen) atoms. The second kappa shape index (κ2) is 11.2. The maximum absolute atomic E-state index is 9.73. The molecule has 0 aliphatic carbocycles. The lowest BCUT2D eigenvalue weighted by atomic mass is 10.1. The van der Waals surface area contributed by atoms with E-state index in [2.05, 4.69) is 18.3 Å². The van der Waals surface area contributed by atoms with E-state index in [-0.39, 0.29) is 0 Å². The van der Waals surface area contributed by atoms with E-state index in [0.29, 0.717) is 6.17 Å². The summed E-state index contributed by atoms with van der Waals surface area (Å²) in [6, 6.07) is 0. The smallest absolute Gasteiger partial charge is 0.124 e. The minimum Gasteiger partial charge on any atom is -0.374 e. The fourth-order valence-corrected chi connectivity index (χ4v) is 2.87. The van der Waals surface area contributed by atoms with Crippen LogP contribution in [0.4, 0.5) is 0 Å². The summed E-state index contributed by atoms with van der Waals surface area (Å²) in [5.41, 5.74) is 0. The summed E-state index contributed by atoms with van der Waals surface area (Å²) in [6.07, 6.45) is 17.4. The van der Waals surface area contributed by atoms with Crippen molar-refractivity contribution in [2.24, 2.45) is 0 Å². The molecule has 2 N–H and O–H groups in total. The van der Waals surface area contributed by atoms with Gasteiger partial charge in [0.15, 0.2) is 0 Å². The van der Waals surface area contributed by atoms with Crippen LogP contribution in [0.5, 0.6) is 0 Å². The summed E-state index contributed by atoms with van der Waals surface area (Å²) in [7, 11) is 0. The van der Waals surface area contributed by atoms with Gasteiger partial charge in [-0.05, 0) is 13.3 Å². The average molecular weight is 282 g/mol. The van der Waals surface area contributed by atoms with E-state index in [1.54, 1.807) is 0 Å². The molecule has 0 aromatic rings. The number of unbranched alkanes of at least 4 members (excludes halogenated alkanes) is 8. The van der Waals surface area contributed by atoms with E-state index in [4.69, 9.17) is 0 Å². The Bertz CT molecular complexity index is 253. The summed E-state index contributed by atoms with van der Waals surface area (Å²) in [5.74, 6) is 0. The normalized spacial score (nSPS) is 20.4. The highest BCUT2D eigenvalue weighted by molar-refractivity contribution is 4.93. The van der Waals surface area contributed by atoms with E-state index >= 15 is 0 Å². The largest absolute Gasteiger partial charge is 0.374 e. The van der Waals surface area contributed by atoms with Gasteiger partial charge in [-0.1, -0.05) is 70.8 Å². The molecular formula is C17H34N2O. The Hall–Kier alpha value is -0.540. The van der Waals surface area contributed by atoms with Crippen LogP contribution in [0, 0.1) is 0 Å². The first kappa shape index (κ1) is 17.5. The zero-order valence-electron chi connectivity index (χ0n) is 13.5. The molecule has 0 aromatic heterocycles. The second-order valence-corrected chi connectivity index (χ2v) is 6.01. The molecule has 0 amide bonds. The van der Waals surface area contributed by atoms with Crippen molar-refractivity contribution in [1.29, 1.82) is 0 Å². The van der Waals surface area contributed by atoms with Gasteiger partial charge >= 0.3 is 0 Å².